The second-order valence-electron chi connectivity index (χ2n) is 6.23. The van der Waals surface area contributed by atoms with Gasteiger partial charge in [-0.25, -0.2) is 0 Å². The number of nitrogens with zero attached hydrogens (tertiary/aromatic N) is 1. The third-order valence-corrected chi connectivity index (χ3v) is 4.02. The number of aldehydes is 1. The van der Waals surface area contributed by atoms with Gasteiger partial charge < -0.3 is 14.3 Å². The normalized spacial score (nSPS) is 13.4. The first-order valence-corrected chi connectivity index (χ1v) is 8.35. The van der Waals surface area contributed by atoms with Gasteiger partial charge in [0, 0.05) is 0 Å². The fraction of sp³-hybridized carbons (Fsp3) is 0.500. The summed E-state index contributed by atoms with van der Waals surface area (Å²) < 4.78 is 12.5. The van der Waals surface area contributed by atoms with Crippen LogP contribution in [-0.2, 0) is 4.79 Å². The van der Waals surface area contributed by atoms with Crippen molar-refractivity contribution < 1.29 is 14.3 Å². The Morgan fingerprint density at radius 1 is 1.32 bits per heavy atom. The minimum absolute atomic E-state index is 0.0221. The summed E-state index contributed by atoms with van der Waals surface area (Å²) in [6, 6.07) is 3.62. The van der Waals surface area contributed by atoms with Crippen LogP contribution in [0.3, 0.4) is 0 Å². The van der Waals surface area contributed by atoms with Crippen LogP contribution in [0, 0.1) is 0 Å². The monoisotopic (exact) mass is 341 g/mol. The lowest BCUT2D eigenvalue weighted by Gasteiger charge is -2.21. The Bertz CT molecular complexity index is 676. The molecule has 0 bridgehead atoms. The topological polar surface area (TPSA) is 48.4 Å². The molecule has 0 saturated carbocycles. The molecule has 1 atom stereocenters. The van der Waals surface area contributed by atoms with Gasteiger partial charge in [0.25, 0.3) is 5.19 Å². The molecule has 0 fully saturated rings. The number of halogens is 1. The summed E-state index contributed by atoms with van der Waals surface area (Å²) in [7, 11) is 0. The van der Waals surface area contributed by atoms with Crippen molar-refractivity contribution in [1.82, 2.24) is 4.98 Å². The van der Waals surface area contributed by atoms with Gasteiger partial charge in [0.15, 0.2) is 0 Å². The van der Waals surface area contributed by atoms with E-state index in [0.717, 1.165) is 10.3 Å². The molecule has 120 valence electrons. The fourth-order valence-electron chi connectivity index (χ4n) is 1.94. The Labute approximate surface area is 139 Å². The fourth-order valence-corrected chi connectivity index (χ4v) is 3.29. The van der Waals surface area contributed by atoms with Crippen molar-refractivity contribution >= 4 is 39.4 Å². The second kappa shape index (κ2) is 6.42. The van der Waals surface area contributed by atoms with Crippen LogP contribution in [0.1, 0.15) is 45.6 Å². The molecular formula is C16H20ClNO3S. The number of hydrogen-bond acceptors (Lipinski definition) is 5. The number of benzene rings is 1. The molecule has 0 aliphatic heterocycles. The van der Waals surface area contributed by atoms with Crippen molar-refractivity contribution in [3.63, 3.8) is 0 Å². The average molecular weight is 342 g/mol. The maximum Gasteiger partial charge on any atom is 0.274 e. The number of fused-ring (bicyclic) bond motifs is 1. The van der Waals surface area contributed by atoms with Crippen molar-refractivity contribution in [2.24, 2.45) is 0 Å². The quantitative estimate of drug-likeness (QED) is 0.582. The van der Waals surface area contributed by atoms with E-state index in [1.165, 1.54) is 11.3 Å². The zero-order valence-corrected chi connectivity index (χ0v) is 14.9. The minimum atomic E-state index is -0.710. The summed E-state index contributed by atoms with van der Waals surface area (Å²) in [6.45, 7) is 9.80. The summed E-state index contributed by atoms with van der Waals surface area (Å²) >= 11 is 7.48. The number of ether oxygens (including phenoxy) is 2. The van der Waals surface area contributed by atoms with E-state index in [1.807, 2.05) is 40.7 Å². The standard InChI is InChI=1S/C16H20ClNO3S/c1-9(2)20-15-18-13-12(21-16(3,4)5)7-6-10(11(17)8-19)14(13)22-15/h6-9,11H,1-5H3. The van der Waals surface area contributed by atoms with Gasteiger partial charge in [-0.3, -0.25) is 0 Å². The van der Waals surface area contributed by atoms with E-state index >= 15 is 0 Å². The summed E-state index contributed by atoms with van der Waals surface area (Å²) in [4.78, 5) is 15.5. The van der Waals surface area contributed by atoms with E-state index in [0.29, 0.717) is 22.7 Å². The zero-order chi connectivity index (χ0) is 16.5. The van der Waals surface area contributed by atoms with Crippen LogP contribution in [0.5, 0.6) is 10.9 Å². The molecule has 2 aromatic rings. The molecular weight excluding hydrogens is 322 g/mol. The zero-order valence-electron chi connectivity index (χ0n) is 13.3. The van der Waals surface area contributed by atoms with Crippen molar-refractivity contribution in [2.75, 3.05) is 0 Å². The van der Waals surface area contributed by atoms with Gasteiger partial charge in [-0.1, -0.05) is 17.4 Å². The number of thiazole rings is 1. The number of carbonyl (C=O) groups excluding carboxylic acids is 1. The lowest BCUT2D eigenvalue weighted by molar-refractivity contribution is -0.107. The Balaban J connectivity index is 2.58. The highest BCUT2D eigenvalue weighted by Gasteiger charge is 2.21. The highest BCUT2D eigenvalue weighted by atomic mass is 35.5. The van der Waals surface area contributed by atoms with E-state index in [4.69, 9.17) is 21.1 Å². The van der Waals surface area contributed by atoms with Gasteiger partial charge in [-0.2, -0.15) is 4.98 Å². The van der Waals surface area contributed by atoms with Crippen LogP contribution in [0.4, 0.5) is 0 Å². The van der Waals surface area contributed by atoms with Gasteiger partial charge in [0.2, 0.25) is 0 Å². The third-order valence-electron chi connectivity index (χ3n) is 2.69. The average Bonchev–Trinajstić information content (AvgIpc) is 2.79. The molecule has 0 radical (unpaired) electrons. The van der Waals surface area contributed by atoms with Crippen LogP contribution in [-0.4, -0.2) is 23.0 Å². The summed E-state index contributed by atoms with van der Waals surface area (Å²) in [5.74, 6) is 0.663. The number of carbonyl (C=O) groups is 1. The Kier molecular flexibility index (Phi) is 4.97. The minimum Gasteiger partial charge on any atom is -0.486 e. The molecule has 1 aromatic carbocycles. The predicted octanol–water partition coefficient (Wildman–Crippen LogP) is 4.74. The molecule has 1 aromatic heterocycles. The molecule has 0 saturated heterocycles. The largest absolute Gasteiger partial charge is 0.486 e. The first-order valence-electron chi connectivity index (χ1n) is 7.09. The number of rotatable bonds is 5. The van der Waals surface area contributed by atoms with Gasteiger partial charge in [-0.15, -0.1) is 11.6 Å². The first kappa shape index (κ1) is 17.0. The summed E-state index contributed by atoms with van der Waals surface area (Å²) in [5, 5.41) is -0.162. The SMILES string of the molecule is CC(C)Oc1nc2c(OC(C)(C)C)ccc(C(Cl)C=O)c2s1. The second-order valence-corrected chi connectivity index (χ2v) is 7.66. The van der Waals surface area contributed by atoms with Crippen LogP contribution in [0.15, 0.2) is 12.1 Å². The number of hydrogen-bond donors (Lipinski definition) is 0. The molecule has 0 aliphatic carbocycles. The van der Waals surface area contributed by atoms with E-state index in [-0.39, 0.29) is 11.7 Å². The molecule has 1 unspecified atom stereocenters. The molecule has 2 rings (SSSR count). The third kappa shape index (κ3) is 3.90. The van der Waals surface area contributed by atoms with Crippen molar-refractivity contribution in [3.8, 4) is 10.9 Å². The molecule has 22 heavy (non-hydrogen) atoms. The predicted molar refractivity (Wildman–Crippen MR) is 90.4 cm³/mol. The van der Waals surface area contributed by atoms with Crippen molar-refractivity contribution in [2.45, 2.75) is 51.7 Å². The maximum absolute atomic E-state index is 11.0. The molecule has 0 amide bonds. The van der Waals surface area contributed by atoms with E-state index < -0.39 is 5.38 Å². The molecule has 1 heterocycles. The van der Waals surface area contributed by atoms with E-state index in [1.54, 1.807) is 6.07 Å². The van der Waals surface area contributed by atoms with Crippen molar-refractivity contribution in [3.05, 3.63) is 17.7 Å². The Hall–Kier alpha value is -1.33. The van der Waals surface area contributed by atoms with Crippen LogP contribution < -0.4 is 9.47 Å². The Morgan fingerprint density at radius 3 is 2.55 bits per heavy atom. The number of aromatic nitrogens is 1. The number of alkyl halides is 1. The van der Waals surface area contributed by atoms with Gasteiger partial charge >= 0.3 is 0 Å². The van der Waals surface area contributed by atoms with Crippen molar-refractivity contribution in [1.29, 1.82) is 0 Å². The lowest BCUT2D eigenvalue weighted by atomic mass is 10.1. The lowest BCUT2D eigenvalue weighted by Crippen LogP contribution is -2.23. The molecule has 0 spiro atoms. The molecule has 0 aliphatic rings. The van der Waals surface area contributed by atoms with Crippen LogP contribution >= 0.6 is 22.9 Å². The van der Waals surface area contributed by atoms with E-state index in [9.17, 15) is 4.79 Å². The van der Waals surface area contributed by atoms with Crippen LogP contribution in [0.2, 0.25) is 0 Å². The maximum atomic E-state index is 11.0. The van der Waals surface area contributed by atoms with E-state index in [2.05, 4.69) is 4.98 Å². The smallest absolute Gasteiger partial charge is 0.274 e. The van der Waals surface area contributed by atoms with Gasteiger partial charge in [-0.05, 0) is 46.2 Å². The summed E-state index contributed by atoms with van der Waals surface area (Å²) in [6.07, 6.45) is 0.734. The Morgan fingerprint density at radius 2 is 2.00 bits per heavy atom. The van der Waals surface area contributed by atoms with Gasteiger partial charge in [0.1, 0.15) is 28.5 Å². The molecule has 4 nitrogen and oxygen atoms in total. The van der Waals surface area contributed by atoms with Crippen LogP contribution in [0.25, 0.3) is 10.2 Å². The molecule has 0 N–H and O–H groups in total. The summed E-state index contributed by atoms with van der Waals surface area (Å²) in [5.41, 5.74) is 1.06. The highest BCUT2D eigenvalue weighted by molar-refractivity contribution is 7.20. The highest BCUT2D eigenvalue weighted by Crippen LogP contribution is 2.40. The van der Waals surface area contributed by atoms with Gasteiger partial charge in [0.05, 0.1) is 10.8 Å². The molecule has 6 heteroatoms. The first-order chi connectivity index (χ1) is 10.2.